The molecule has 1 aromatic carbocycles. The summed E-state index contributed by atoms with van der Waals surface area (Å²) in [6.45, 7) is 1.40. The fraction of sp³-hybridized carbons (Fsp3) is 0.357. The minimum atomic E-state index is 0.121. The Kier molecular flexibility index (Phi) is 3.06. The van der Waals surface area contributed by atoms with E-state index in [2.05, 4.69) is 11.4 Å². The highest BCUT2D eigenvalue weighted by Gasteiger charge is 2.28. The van der Waals surface area contributed by atoms with Crippen LogP contribution in [0, 0.1) is 0 Å². The van der Waals surface area contributed by atoms with Gasteiger partial charge in [-0.15, -0.1) is 11.3 Å². The van der Waals surface area contributed by atoms with Crippen LogP contribution in [0.1, 0.15) is 23.2 Å². The van der Waals surface area contributed by atoms with Gasteiger partial charge in [0.25, 0.3) is 5.91 Å². The minimum absolute atomic E-state index is 0.121. The van der Waals surface area contributed by atoms with Crippen molar-refractivity contribution in [3.63, 3.8) is 0 Å². The van der Waals surface area contributed by atoms with Crippen molar-refractivity contribution in [1.82, 2.24) is 4.90 Å². The molecular weight excluding hydrogens is 244 g/mol. The molecule has 2 aromatic rings. The average Bonchev–Trinajstić information content (AvgIpc) is 3.05. The van der Waals surface area contributed by atoms with Crippen molar-refractivity contribution in [3.8, 4) is 0 Å². The van der Waals surface area contributed by atoms with E-state index in [1.807, 2.05) is 23.1 Å². The molecule has 4 heteroatoms. The number of hydrogen-bond donors (Lipinski definition) is 1. The van der Waals surface area contributed by atoms with E-state index >= 15 is 0 Å². The predicted octanol–water partition coefficient (Wildman–Crippen LogP) is 2.46. The van der Waals surface area contributed by atoms with Gasteiger partial charge in [0.15, 0.2) is 0 Å². The lowest BCUT2D eigenvalue weighted by atomic mass is 10.1. The number of hydrogen-bond acceptors (Lipinski definition) is 3. The quantitative estimate of drug-likeness (QED) is 0.901. The highest BCUT2D eigenvalue weighted by molar-refractivity contribution is 7.17. The maximum atomic E-state index is 12.5. The molecule has 1 fully saturated rings. The van der Waals surface area contributed by atoms with E-state index in [1.54, 1.807) is 11.3 Å². The fourth-order valence-corrected chi connectivity index (χ4v) is 3.38. The molecule has 2 N–H and O–H groups in total. The van der Waals surface area contributed by atoms with Crippen LogP contribution in [-0.4, -0.2) is 29.9 Å². The van der Waals surface area contributed by atoms with E-state index in [0.717, 1.165) is 30.3 Å². The molecule has 0 bridgehead atoms. The van der Waals surface area contributed by atoms with Crippen LogP contribution < -0.4 is 5.73 Å². The number of fused-ring (bicyclic) bond motifs is 1. The first-order chi connectivity index (χ1) is 8.79. The molecule has 0 radical (unpaired) electrons. The van der Waals surface area contributed by atoms with Crippen molar-refractivity contribution in [1.29, 1.82) is 0 Å². The maximum absolute atomic E-state index is 12.5. The van der Waals surface area contributed by atoms with Crippen molar-refractivity contribution in [2.24, 2.45) is 5.73 Å². The number of thiophene rings is 1. The molecule has 1 amide bonds. The van der Waals surface area contributed by atoms with Gasteiger partial charge in [0.2, 0.25) is 0 Å². The Bertz CT molecular complexity index is 578. The molecule has 1 aromatic heterocycles. The van der Waals surface area contributed by atoms with Crippen molar-refractivity contribution < 1.29 is 4.79 Å². The monoisotopic (exact) mass is 260 g/mol. The summed E-state index contributed by atoms with van der Waals surface area (Å²) in [7, 11) is 0. The molecule has 1 aliphatic heterocycles. The van der Waals surface area contributed by atoms with Crippen LogP contribution >= 0.6 is 11.3 Å². The summed E-state index contributed by atoms with van der Waals surface area (Å²) in [6.07, 6.45) is 2.09. The Morgan fingerprint density at radius 2 is 2.33 bits per heavy atom. The SMILES string of the molecule is NCC1CCCN1C(=O)c1ccc2sccc2c1. The molecule has 94 valence electrons. The number of carbonyl (C=O) groups is 1. The van der Waals surface area contributed by atoms with E-state index in [0.29, 0.717) is 6.54 Å². The van der Waals surface area contributed by atoms with Gasteiger partial charge in [-0.05, 0) is 47.9 Å². The number of rotatable bonds is 2. The summed E-state index contributed by atoms with van der Waals surface area (Å²) >= 11 is 1.70. The van der Waals surface area contributed by atoms with Crippen LogP contribution in [0.4, 0.5) is 0 Å². The lowest BCUT2D eigenvalue weighted by Crippen LogP contribution is -2.39. The molecule has 1 unspecified atom stereocenters. The van der Waals surface area contributed by atoms with Crippen molar-refractivity contribution in [2.45, 2.75) is 18.9 Å². The molecule has 0 spiro atoms. The molecule has 1 saturated heterocycles. The van der Waals surface area contributed by atoms with Crippen LogP contribution in [0.15, 0.2) is 29.6 Å². The summed E-state index contributed by atoms with van der Waals surface area (Å²) in [5.74, 6) is 0.121. The largest absolute Gasteiger partial charge is 0.334 e. The molecule has 3 rings (SSSR count). The van der Waals surface area contributed by atoms with Gasteiger partial charge < -0.3 is 10.6 Å². The second-order valence-corrected chi connectivity index (χ2v) is 5.65. The molecule has 1 atom stereocenters. The molecule has 2 heterocycles. The van der Waals surface area contributed by atoms with Gasteiger partial charge >= 0.3 is 0 Å². The van der Waals surface area contributed by atoms with Gasteiger partial charge in [0.05, 0.1) is 0 Å². The first-order valence-corrected chi connectivity index (χ1v) is 7.16. The van der Waals surface area contributed by atoms with E-state index in [1.165, 1.54) is 4.70 Å². The van der Waals surface area contributed by atoms with Crippen LogP contribution in [0.2, 0.25) is 0 Å². The lowest BCUT2D eigenvalue weighted by molar-refractivity contribution is 0.0741. The van der Waals surface area contributed by atoms with Crippen LogP contribution in [0.25, 0.3) is 10.1 Å². The molecule has 1 aliphatic rings. The van der Waals surface area contributed by atoms with Gasteiger partial charge in [-0.2, -0.15) is 0 Å². The van der Waals surface area contributed by atoms with Crippen molar-refractivity contribution in [2.75, 3.05) is 13.1 Å². The van der Waals surface area contributed by atoms with Crippen LogP contribution in [-0.2, 0) is 0 Å². The third-order valence-electron chi connectivity index (χ3n) is 3.61. The zero-order valence-corrected chi connectivity index (χ0v) is 11.0. The van der Waals surface area contributed by atoms with Crippen LogP contribution in [0.3, 0.4) is 0 Å². The molecule has 18 heavy (non-hydrogen) atoms. The first kappa shape index (κ1) is 11.7. The fourth-order valence-electron chi connectivity index (χ4n) is 2.61. The van der Waals surface area contributed by atoms with Gasteiger partial charge in [-0.25, -0.2) is 0 Å². The van der Waals surface area contributed by atoms with Gasteiger partial charge in [0.1, 0.15) is 0 Å². The zero-order chi connectivity index (χ0) is 12.5. The molecule has 0 aliphatic carbocycles. The number of benzene rings is 1. The Hall–Kier alpha value is -1.39. The van der Waals surface area contributed by atoms with Gasteiger partial charge in [-0.1, -0.05) is 0 Å². The molecule has 3 nitrogen and oxygen atoms in total. The van der Waals surface area contributed by atoms with E-state index in [9.17, 15) is 4.79 Å². The second kappa shape index (κ2) is 4.71. The Morgan fingerprint density at radius 3 is 3.17 bits per heavy atom. The van der Waals surface area contributed by atoms with Gasteiger partial charge in [0, 0.05) is 29.4 Å². The zero-order valence-electron chi connectivity index (χ0n) is 10.1. The lowest BCUT2D eigenvalue weighted by Gasteiger charge is -2.23. The smallest absolute Gasteiger partial charge is 0.254 e. The average molecular weight is 260 g/mol. The summed E-state index contributed by atoms with van der Waals surface area (Å²) in [5.41, 5.74) is 6.50. The number of carbonyl (C=O) groups excluding carboxylic acids is 1. The Labute approximate surface area is 110 Å². The Morgan fingerprint density at radius 1 is 1.44 bits per heavy atom. The maximum Gasteiger partial charge on any atom is 0.254 e. The summed E-state index contributed by atoms with van der Waals surface area (Å²) in [5, 5.41) is 3.20. The molecule has 0 saturated carbocycles. The number of likely N-dealkylation sites (tertiary alicyclic amines) is 1. The Balaban J connectivity index is 1.91. The highest BCUT2D eigenvalue weighted by atomic mass is 32.1. The molecular formula is C14H16N2OS. The van der Waals surface area contributed by atoms with E-state index in [4.69, 9.17) is 5.73 Å². The standard InChI is InChI=1S/C14H16N2OS/c15-9-12-2-1-6-16(12)14(17)11-3-4-13-10(8-11)5-7-18-13/h3-5,7-8,12H,1-2,6,9,15H2. The predicted molar refractivity (Wildman–Crippen MR) is 74.9 cm³/mol. The highest BCUT2D eigenvalue weighted by Crippen LogP contribution is 2.24. The number of amides is 1. The van der Waals surface area contributed by atoms with Crippen LogP contribution in [0.5, 0.6) is 0 Å². The third-order valence-corrected chi connectivity index (χ3v) is 4.51. The topological polar surface area (TPSA) is 46.3 Å². The van der Waals surface area contributed by atoms with Gasteiger partial charge in [-0.3, -0.25) is 4.79 Å². The summed E-state index contributed by atoms with van der Waals surface area (Å²) in [4.78, 5) is 14.4. The third kappa shape index (κ3) is 1.91. The van der Waals surface area contributed by atoms with E-state index < -0.39 is 0 Å². The van der Waals surface area contributed by atoms with E-state index in [-0.39, 0.29) is 11.9 Å². The summed E-state index contributed by atoms with van der Waals surface area (Å²) < 4.78 is 1.23. The number of nitrogens with zero attached hydrogens (tertiary/aromatic N) is 1. The second-order valence-electron chi connectivity index (χ2n) is 4.70. The minimum Gasteiger partial charge on any atom is -0.334 e. The number of nitrogens with two attached hydrogens (primary N) is 1. The van der Waals surface area contributed by atoms with Crippen molar-refractivity contribution >= 4 is 27.3 Å². The van der Waals surface area contributed by atoms with Crippen molar-refractivity contribution in [3.05, 3.63) is 35.2 Å². The summed E-state index contributed by atoms with van der Waals surface area (Å²) in [6, 6.07) is 8.21. The normalized spacial score (nSPS) is 19.6. The first-order valence-electron chi connectivity index (χ1n) is 6.28.